The average Bonchev–Trinajstić information content (AvgIpc) is 2.29. The zero-order valence-electron chi connectivity index (χ0n) is 9.48. The van der Waals surface area contributed by atoms with Crippen molar-refractivity contribution >= 4 is 23.4 Å². The number of halogens is 1. The van der Waals surface area contributed by atoms with Crippen molar-refractivity contribution in [3.63, 3.8) is 0 Å². The van der Waals surface area contributed by atoms with Crippen LogP contribution in [0.15, 0.2) is 46.3 Å². The van der Waals surface area contributed by atoms with E-state index < -0.39 is 0 Å². The smallest absolute Gasteiger partial charge is 0.106 e. The molecule has 0 saturated carbocycles. The molecule has 2 N–H and O–H groups in total. The molecule has 1 aromatic heterocycles. The van der Waals surface area contributed by atoms with Crippen LogP contribution in [-0.2, 0) is 6.54 Å². The standard InChI is InChI=1S/C13H13ClN2S/c1-9-5-6-10(8-15)13(16-9)17-12-4-2-3-11(14)7-12/h2-7H,8,15H2,1H3. The Labute approximate surface area is 110 Å². The Balaban J connectivity index is 2.32. The van der Waals surface area contributed by atoms with Gasteiger partial charge in [0.2, 0.25) is 0 Å². The summed E-state index contributed by atoms with van der Waals surface area (Å²) in [5, 5.41) is 1.69. The van der Waals surface area contributed by atoms with Crippen molar-refractivity contribution in [2.24, 2.45) is 5.73 Å². The van der Waals surface area contributed by atoms with Crippen molar-refractivity contribution in [2.45, 2.75) is 23.4 Å². The highest BCUT2D eigenvalue weighted by atomic mass is 35.5. The molecule has 0 aliphatic heterocycles. The van der Waals surface area contributed by atoms with Crippen molar-refractivity contribution in [3.05, 3.63) is 52.7 Å². The molecule has 0 radical (unpaired) electrons. The number of aryl methyl sites for hydroxylation is 1. The van der Waals surface area contributed by atoms with Gasteiger partial charge in [0.15, 0.2) is 0 Å². The van der Waals surface area contributed by atoms with Gasteiger partial charge in [0.05, 0.1) is 0 Å². The van der Waals surface area contributed by atoms with Gasteiger partial charge in [0, 0.05) is 22.2 Å². The van der Waals surface area contributed by atoms with Gasteiger partial charge < -0.3 is 5.73 Å². The summed E-state index contributed by atoms with van der Waals surface area (Å²) in [6, 6.07) is 11.7. The molecular formula is C13H13ClN2S. The molecule has 0 saturated heterocycles. The Bertz CT molecular complexity index is 529. The van der Waals surface area contributed by atoms with Crippen LogP contribution >= 0.6 is 23.4 Å². The minimum atomic E-state index is 0.496. The summed E-state index contributed by atoms with van der Waals surface area (Å²) < 4.78 is 0. The van der Waals surface area contributed by atoms with Crippen LogP contribution in [0.25, 0.3) is 0 Å². The first-order valence-electron chi connectivity index (χ1n) is 5.29. The molecule has 2 nitrogen and oxygen atoms in total. The maximum atomic E-state index is 5.96. The average molecular weight is 265 g/mol. The lowest BCUT2D eigenvalue weighted by Crippen LogP contribution is -2.00. The fraction of sp³-hybridized carbons (Fsp3) is 0.154. The molecule has 2 rings (SSSR count). The van der Waals surface area contributed by atoms with Gasteiger partial charge >= 0.3 is 0 Å². The molecule has 88 valence electrons. The van der Waals surface area contributed by atoms with Gasteiger partial charge in [-0.05, 0) is 36.8 Å². The Kier molecular flexibility index (Phi) is 4.05. The zero-order valence-corrected chi connectivity index (χ0v) is 11.1. The van der Waals surface area contributed by atoms with Crippen LogP contribution < -0.4 is 5.73 Å². The van der Waals surface area contributed by atoms with Gasteiger partial charge in [0.1, 0.15) is 5.03 Å². The van der Waals surface area contributed by atoms with E-state index in [0.29, 0.717) is 6.54 Å². The molecule has 0 aliphatic rings. The molecule has 4 heteroatoms. The largest absolute Gasteiger partial charge is 0.326 e. The van der Waals surface area contributed by atoms with Crippen LogP contribution in [0.3, 0.4) is 0 Å². The number of rotatable bonds is 3. The molecule has 0 amide bonds. The molecule has 0 spiro atoms. The van der Waals surface area contributed by atoms with Crippen molar-refractivity contribution < 1.29 is 0 Å². The monoisotopic (exact) mass is 264 g/mol. The van der Waals surface area contributed by atoms with Crippen LogP contribution in [0.4, 0.5) is 0 Å². The molecule has 1 heterocycles. The first-order chi connectivity index (χ1) is 8.19. The predicted octanol–water partition coefficient (Wildman–Crippen LogP) is 3.65. The van der Waals surface area contributed by atoms with E-state index >= 15 is 0 Å². The first kappa shape index (κ1) is 12.4. The normalized spacial score (nSPS) is 10.5. The van der Waals surface area contributed by atoms with Crippen LogP contribution in [0.2, 0.25) is 5.02 Å². The predicted molar refractivity (Wildman–Crippen MR) is 72.4 cm³/mol. The molecule has 0 unspecified atom stereocenters. The number of nitrogens with zero attached hydrogens (tertiary/aromatic N) is 1. The number of pyridine rings is 1. The molecule has 0 bridgehead atoms. The van der Waals surface area contributed by atoms with E-state index in [9.17, 15) is 0 Å². The third kappa shape index (κ3) is 3.22. The number of hydrogen-bond donors (Lipinski definition) is 1. The second-order valence-corrected chi connectivity index (χ2v) is 5.18. The summed E-state index contributed by atoms with van der Waals surface area (Å²) in [6.45, 7) is 2.47. The van der Waals surface area contributed by atoms with Gasteiger partial charge in [-0.2, -0.15) is 0 Å². The number of benzene rings is 1. The molecule has 17 heavy (non-hydrogen) atoms. The van der Waals surface area contributed by atoms with Gasteiger partial charge in [-0.15, -0.1) is 0 Å². The lowest BCUT2D eigenvalue weighted by molar-refractivity contribution is 0.941. The van der Waals surface area contributed by atoms with E-state index in [2.05, 4.69) is 4.98 Å². The Morgan fingerprint density at radius 2 is 2.12 bits per heavy atom. The van der Waals surface area contributed by atoms with Crippen LogP contribution in [0.1, 0.15) is 11.3 Å². The second-order valence-electron chi connectivity index (χ2n) is 3.68. The SMILES string of the molecule is Cc1ccc(CN)c(Sc2cccc(Cl)c2)n1. The quantitative estimate of drug-likeness (QED) is 0.920. The van der Waals surface area contributed by atoms with E-state index in [1.54, 1.807) is 11.8 Å². The lowest BCUT2D eigenvalue weighted by Gasteiger charge is -2.07. The third-order valence-electron chi connectivity index (χ3n) is 2.31. The molecule has 0 atom stereocenters. The summed E-state index contributed by atoms with van der Waals surface area (Å²) in [5.41, 5.74) is 7.75. The first-order valence-corrected chi connectivity index (χ1v) is 6.48. The van der Waals surface area contributed by atoms with Gasteiger partial charge in [-0.1, -0.05) is 35.5 Å². The van der Waals surface area contributed by atoms with Gasteiger partial charge in [-0.3, -0.25) is 0 Å². The Morgan fingerprint density at radius 3 is 2.82 bits per heavy atom. The van der Waals surface area contributed by atoms with Crippen LogP contribution in [-0.4, -0.2) is 4.98 Å². The molecule has 0 aliphatic carbocycles. The lowest BCUT2D eigenvalue weighted by atomic mass is 10.2. The van der Waals surface area contributed by atoms with E-state index in [1.807, 2.05) is 43.3 Å². The Hall–Kier alpha value is -1.03. The van der Waals surface area contributed by atoms with Gasteiger partial charge in [0.25, 0.3) is 0 Å². The fourth-order valence-corrected chi connectivity index (χ4v) is 2.73. The van der Waals surface area contributed by atoms with Crippen molar-refractivity contribution in [1.29, 1.82) is 0 Å². The van der Waals surface area contributed by atoms with E-state index in [4.69, 9.17) is 17.3 Å². The van der Waals surface area contributed by atoms with Gasteiger partial charge in [-0.25, -0.2) is 4.98 Å². The van der Waals surface area contributed by atoms with E-state index in [-0.39, 0.29) is 0 Å². The highest BCUT2D eigenvalue weighted by Crippen LogP contribution is 2.30. The summed E-state index contributed by atoms with van der Waals surface area (Å²) in [6.07, 6.45) is 0. The maximum absolute atomic E-state index is 5.96. The topological polar surface area (TPSA) is 38.9 Å². The van der Waals surface area contributed by atoms with E-state index in [1.165, 1.54) is 0 Å². The molecule has 1 aromatic carbocycles. The van der Waals surface area contributed by atoms with Crippen molar-refractivity contribution in [3.8, 4) is 0 Å². The fourth-order valence-electron chi connectivity index (χ4n) is 1.45. The number of hydrogen-bond acceptors (Lipinski definition) is 3. The van der Waals surface area contributed by atoms with Crippen molar-refractivity contribution in [1.82, 2.24) is 4.98 Å². The zero-order chi connectivity index (χ0) is 12.3. The summed E-state index contributed by atoms with van der Waals surface area (Å²) in [4.78, 5) is 5.58. The van der Waals surface area contributed by atoms with E-state index in [0.717, 1.165) is 26.2 Å². The Morgan fingerprint density at radius 1 is 1.29 bits per heavy atom. The van der Waals surface area contributed by atoms with Crippen molar-refractivity contribution in [2.75, 3.05) is 0 Å². The summed E-state index contributed by atoms with van der Waals surface area (Å²) in [7, 11) is 0. The molecule has 0 fully saturated rings. The summed E-state index contributed by atoms with van der Waals surface area (Å²) >= 11 is 7.55. The highest BCUT2D eigenvalue weighted by Gasteiger charge is 2.05. The number of aromatic nitrogens is 1. The van der Waals surface area contributed by atoms with Crippen LogP contribution in [0.5, 0.6) is 0 Å². The number of nitrogens with two attached hydrogens (primary N) is 1. The minimum absolute atomic E-state index is 0.496. The summed E-state index contributed by atoms with van der Waals surface area (Å²) in [5.74, 6) is 0. The maximum Gasteiger partial charge on any atom is 0.106 e. The minimum Gasteiger partial charge on any atom is -0.326 e. The second kappa shape index (κ2) is 5.54. The van der Waals surface area contributed by atoms with Crippen LogP contribution in [0, 0.1) is 6.92 Å². The molecule has 2 aromatic rings. The third-order valence-corrected chi connectivity index (χ3v) is 3.58. The molecular weight excluding hydrogens is 252 g/mol. The highest BCUT2D eigenvalue weighted by molar-refractivity contribution is 7.99.